The van der Waals surface area contributed by atoms with E-state index in [1.165, 1.54) is 11.1 Å². The van der Waals surface area contributed by atoms with Crippen LogP contribution in [0.2, 0.25) is 5.02 Å². The molecule has 112 valence electrons. The molecule has 1 unspecified atom stereocenters. The monoisotopic (exact) mass is 303 g/mol. The smallest absolute Gasteiger partial charge is 0.136 e. The van der Waals surface area contributed by atoms with Crippen molar-refractivity contribution in [2.45, 2.75) is 32.8 Å². The predicted octanol–water partition coefficient (Wildman–Crippen LogP) is 4.85. The van der Waals surface area contributed by atoms with Crippen molar-refractivity contribution < 1.29 is 4.74 Å². The molecular formula is C18H22ClNO. The maximum Gasteiger partial charge on any atom is 0.136 e. The number of rotatable bonds is 5. The molecule has 2 N–H and O–H groups in total. The standard InChI is InChI=1S/C18H22ClNO/c1-12(2)16-8-7-13(3)9-17(16)21-18(11-20)14-5-4-6-15(19)10-14/h4-10,12,18H,11,20H2,1-3H3. The Balaban J connectivity index is 2.32. The molecule has 2 aromatic rings. The molecule has 0 aromatic heterocycles. The molecule has 1 atom stereocenters. The Kier molecular flexibility index (Phi) is 5.27. The fourth-order valence-electron chi connectivity index (χ4n) is 2.33. The van der Waals surface area contributed by atoms with Crippen molar-refractivity contribution in [2.24, 2.45) is 5.73 Å². The summed E-state index contributed by atoms with van der Waals surface area (Å²) >= 11 is 6.06. The summed E-state index contributed by atoms with van der Waals surface area (Å²) in [6.45, 7) is 6.79. The number of benzene rings is 2. The Bertz CT molecular complexity index is 610. The van der Waals surface area contributed by atoms with Crippen LogP contribution in [0.5, 0.6) is 5.75 Å². The first kappa shape index (κ1) is 15.9. The largest absolute Gasteiger partial charge is 0.484 e. The maximum absolute atomic E-state index is 6.19. The Morgan fingerprint density at radius 2 is 1.90 bits per heavy atom. The van der Waals surface area contributed by atoms with Gasteiger partial charge in [0.15, 0.2) is 0 Å². The van der Waals surface area contributed by atoms with Gasteiger partial charge in [-0.25, -0.2) is 0 Å². The summed E-state index contributed by atoms with van der Waals surface area (Å²) in [6.07, 6.45) is -0.192. The minimum atomic E-state index is -0.192. The van der Waals surface area contributed by atoms with Crippen LogP contribution in [0.15, 0.2) is 42.5 Å². The molecule has 0 aliphatic carbocycles. The fourth-order valence-corrected chi connectivity index (χ4v) is 2.53. The summed E-state index contributed by atoms with van der Waals surface area (Å²) in [7, 11) is 0. The van der Waals surface area contributed by atoms with Gasteiger partial charge >= 0.3 is 0 Å². The highest BCUT2D eigenvalue weighted by molar-refractivity contribution is 6.30. The van der Waals surface area contributed by atoms with E-state index in [1.54, 1.807) is 0 Å². The van der Waals surface area contributed by atoms with E-state index in [-0.39, 0.29) is 6.10 Å². The van der Waals surface area contributed by atoms with E-state index < -0.39 is 0 Å². The first-order valence-electron chi connectivity index (χ1n) is 7.24. The van der Waals surface area contributed by atoms with E-state index >= 15 is 0 Å². The van der Waals surface area contributed by atoms with Crippen molar-refractivity contribution in [3.63, 3.8) is 0 Å². The fraction of sp³-hybridized carbons (Fsp3) is 0.333. The third-order valence-electron chi connectivity index (χ3n) is 3.49. The van der Waals surface area contributed by atoms with Crippen molar-refractivity contribution in [1.82, 2.24) is 0 Å². The quantitative estimate of drug-likeness (QED) is 0.857. The molecule has 0 aliphatic heterocycles. The van der Waals surface area contributed by atoms with Crippen LogP contribution in [-0.4, -0.2) is 6.54 Å². The Morgan fingerprint density at radius 3 is 2.52 bits per heavy atom. The van der Waals surface area contributed by atoms with Gasteiger partial charge in [0.1, 0.15) is 11.9 Å². The van der Waals surface area contributed by atoms with Gasteiger partial charge in [-0.05, 0) is 47.7 Å². The van der Waals surface area contributed by atoms with Gasteiger partial charge in [0.25, 0.3) is 0 Å². The van der Waals surface area contributed by atoms with Gasteiger partial charge in [0.2, 0.25) is 0 Å². The number of hydrogen-bond acceptors (Lipinski definition) is 2. The average Bonchev–Trinajstić information content (AvgIpc) is 2.44. The van der Waals surface area contributed by atoms with Crippen LogP contribution in [0.25, 0.3) is 0 Å². The molecule has 0 heterocycles. The van der Waals surface area contributed by atoms with Crippen LogP contribution in [-0.2, 0) is 0 Å². The first-order valence-corrected chi connectivity index (χ1v) is 7.61. The molecule has 3 heteroatoms. The molecular weight excluding hydrogens is 282 g/mol. The zero-order valence-electron chi connectivity index (χ0n) is 12.8. The second-order valence-corrected chi connectivity index (χ2v) is 6.03. The lowest BCUT2D eigenvalue weighted by molar-refractivity contribution is 0.211. The summed E-state index contributed by atoms with van der Waals surface area (Å²) in [6, 6.07) is 14.0. The maximum atomic E-state index is 6.19. The normalized spacial score (nSPS) is 12.5. The zero-order chi connectivity index (χ0) is 15.4. The number of hydrogen-bond donors (Lipinski definition) is 1. The van der Waals surface area contributed by atoms with Crippen molar-refractivity contribution in [1.29, 1.82) is 0 Å². The molecule has 0 saturated heterocycles. The summed E-state index contributed by atoms with van der Waals surface area (Å²) in [4.78, 5) is 0. The minimum Gasteiger partial charge on any atom is -0.484 e. The van der Waals surface area contributed by atoms with Crippen LogP contribution < -0.4 is 10.5 Å². The topological polar surface area (TPSA) is 35.2 Å². The highest BCUT2D eigenvalue weighted by atomic mass is 35.5. The molecule has 2 nitrogen and oxygen atoms in total. The van der Waals surface area contributed by atoms with E-state index in [4.69, 9.17) is 22.1 Å². The third kappa shape index (κ3) is 3.99. The van der Waals surface area contributed by atoms with Gasteiger partial charge in [-0.2, -0.15) is 0 Å². The second-order valence-electron chi connectivity index (χ2n) is 5.59. The molecule has 0 bridgehead atoms. The van der Waals surface area contributed by atoms with Crippen LogP contribution in [0, 0.1) is 6.92 Å². The van der Waals surface area contributed by atoms with Crippen LogP contribution in [0.1, 0.15) is 42.6 Å². The molecule has 2 rings (SSSR count). The lowest BCUT2D eigenvalue weighted by atomic mass is 10.0. The summed E-state index contributed by atoms with van der Waals surface area (Å²) < 4.78 is 6.19. The molecule has 21 heavy (non-hydrogen) atoms. The molecule has 0 spiro atoms. The molecule has 0 fully saturated rings. The highest BCUT2D eigenvalue weighted by Crippen LogP contribution is 2.31. The lowest BCUT2D eigenvalue weighted by Crippen LogP contribution is -2.19. The van der Waals surface area contributed by atoms with Crippen molar-refractivity contribution >= 4 is 11.6 Å². The highest BCUT2D eigenvalue weighted by Gasteiger charge is 2.15. The van der Waals surface area contributed by atoms with E-state index in [9.17, 15) is 0 Å². The van der Waals surface area contributed by atoms with Crippen molar-refractivity contribution in [3.05, 3.63) is 64.2 Å². The van der Waals surface area contributed by atoms with Crippen LogP contribution >= 0.6 is 11.6 Å². The van der Waals surface area contributed by atoms with E-state index in [0.29, 0.717) is 17.5 Å². The van der Waals surface area contributed by atoms with Gasteiger partial charge in [0, 0.05) is 11.6 Å². The molecule has 0 radical (unpaired) electrons. The Labute approximate surface area is 131 Å². The predicted molar refractivity (Wildman–Crippen MR) is 89.1 cm³/mol. The molecule has 0 saturated carbocycles. The number of halogens is 1. The summed E-state index contributed by atoms with van der Waals surface area (Å²) in [5, 5.41) is 0.697. The number of ether oxygens (including phenoxy) is 1. The van der Waals surface area contributed by atoms with E-state index in [0.717, 1.165) is 11.3 Å². The van der Waals surface area contributed by atoms with Gasteiger partial charge in [-0.3, -0.25) is 0 Å². The first-order chi connectivity index (χ1) is 10.0. The zero-order valence-corrected chi connectivity index (χ0v) is 13.5. The van der Waals surface area contributed by atoms with E-state index in [1.807, 2.05) is 24.3 Å². The van der Waals surface area contributed by atoms with Crippen LogP contribution in [0.4, 0.5) is 0 Å². The van der Waals surface area contributed by atoms with Crippen molar-refractivity contribution in [3.8, 4) is 5.75 Å². The van der Waals surface area contributed by atoms with Crippen LogP contribution in [0.3, 0.4) is 0 Å². The second kappa shape index (κ2) is 6.97. The lowest BCUT2D eigenvalue weighted by Gasteiger charge is -2.22. The van der Waals surface area contributed by atoms with Gasteiger partial charge < -0.3 is 10.5 Å². The van der Waals surface area contributed by atoms with Gasteiger partial charge in [-0.1, -0.05) is 49.7 Å². The molecule has 0 aliphatic rings. The average molecular weight is 304 g/mol. The number of aryl methyl sites for hydroxylation is 1. The van der Waals surface area contributed by atoms with E-state index in [2.05, 4.69) is 39.0 Å². The summed E-state index contributed by atoms with van der Waals surface area (Å²) in [5.74, 6) is 1.30. The Morgan fingerprint density at radius 1 is 1.14 bits per heavy atom. The third-order valence-corrected chi connectivity index (χ3v) is 3.73. The number of nitrogens with two attached hydrogens (primary N) is 1. The summed E-state index contributed by atoms with van der Waals surface area (Å²) in [5.41, 5.74) is 9.27. The Hall–Kier alpha value is -1.51. The minimum absolute atomic E-state index is 0.192. The molecule has 0 amide bonds. The van der Waals surface area contributed by atoms with Gasteiger partial charge in [-0.15, -0.1) is 0 Å². The van der Waals surface area contributed by atoms with Gasteiger partial charge in [0.05, 0.1) is 0 Å². The van der Waals surface area contributed by atoms with Crippen molar-refractivity contribution in [2.75, 3.05) is 6.54 Å². The molecule has 2 aromatic carbocycles. The SMILES string of the molecule is Cc1ccc(C(C)C)c(OC(CN)c2cccc(Cl)c2)c1.